The van der Waals surface area contributed by atoms with Gasteiger partial charge in [0.2, 0.25) is 0 Å². The molecule has 0 saturated carbocycles. The molecule has 0 atom stereocenters. The van der Waals surface area contributed by atoms with Crippen LogP contribution in [-0.2, 0) is 4.79 Å². The van der Waals surface area contributed by atoms with Crippen LogP contribution in [0, 0.1) is 0 Å². The lowest BCUT2D eigenvalue weighted by atomic mass is 10.2. The number of benzene rings is 3. The average Bonchev–Trinajstić information content (AvgIpc) is 3.28. The van der Waals surface area contributed by atoms with Crippen LogP contribution >= 0.6 is 11.8 Å². The van der Waals surface area contributed by atoms with Crippen LogP contribution in [0.1, 0.15) is 5.56 Å². The van der Waals surface area contributed by atoms with Gasteiger partial charge in [0.1, 0.15) is 5.75 Å². The van der Waals surface area contributed by atoms with E-state index in [1.54, 1.807) is 13.3 Å². The third-order valence-corrected chi connectivity index (χ3v) is 5.47. The minimum absolute atomic E-state index is 0.142. The van der Waals surface area contributed by atoms with E-state index in [9.17, 15) is 4.79 Å². The van der Waals surface area contributed by atoms with Gasteiger partial charge in [-0.2, -0.15) is 5.10 Å². The van der Waals surface area contributed by atoms with Gasteiger partial charge in [-0.25, -0.2) is 5.43 Å². The molecule has 0 radical (unpaired) electrons. The van der Waals surface area contributed by atoms with Crippen molar-refractivity contribution in [2.24, 2.45) is 5.10 Å². The first-order valence-electron chi connectivity index (χ1n) is 9.90. The van der Waals surface area contributed by atoms with Crippen molar-refractivity contribution < 1.29 is 9.53 Å². The van der Waals surface area contributed by atoms with E-state index >= 15 is 0 Å². The van der Waals surface area contributed by atoms with Crippen molar-refractivity contribution >= 4 is 23.9 Å². The first kappa shape index (κ1) is 21.3. The Labute approximate surface area is 190 Å². The van der Waals surface area contributed by atoms with Gasteiger partial charge >= 0.3 is 0 Å². The molecule has 32 heavy (non-hydrogen) atoms. The van der Waals surface area contributed by atoms with Gasteiger partial charge in [-0.15, -0.1) is 10.2 Å². The van der Waals surface area contributed by atoms with Crippen molar-refractivity contribution in [1.82, 2.24) is 20.2 Å². The number of thioether (sulfide) groups is 1. The molecule has 0 saturated heterocycles. The molecule has 0 fully saturated rings. The van der Waals surface area contributed by atoms with Gasteiger partial charge in [0, 0.05) is 16.8 Å². The maximum Gasteiger partial charge on any atom is 0.250 e. The van der Waals surface area contributed by atoms with E-state index in [0.717, 1.165) is 16.8 Å². The number of para-hydroxylation sites is 2. The number of hydrazone groups is 1. The highest BCUT2D eigenvalue weighted by atomic mass is 32.2. The zero-order chi connectivity index (χ0) is 22.2. The third-order valence-electron chi connectivity index (χ3n) is 4.54. The van der Waals surface area contributed by atoms with Crippen LogP contribution in [0.4, 0.5) is 0 Å². The summed E-state index contributed by atoms with van der Waals surface area (Å²) in [7, 11) is 1.59. The largest absolute Gasteiger partial charge is 0.496 e. The number of hydrogen-bond donors (Lipinski definition) is 1. The van der Waals surface area contributed by atoms with Crippen LogP contribution in [0.5, 0.6) is 5.75 Å². The van der Waals surface area contributed by atoms with Gasteiger partial charge in [0.05, 0.1) is 19.1 Å². The predicted molar refractivity (Wildman–Crippen MR) is 126 cm³/mol. The number of amides is 1. The lowest BCUT2D eigenvalue weighted by molar-refractivity contribution is -0.118. The molecule has 3 aromatic carbocycles. The van der Waals surface area contributed by atoms with E-state index in [1.807, 2.05) is 89.5 Å². The normalized spacial score (nSPS) is 10.9. The van der Waals surface area contributed by atoms with Crippen LogP contribution in [-0.4, -0.2) is 39.7 Å². The summed E-state index contributed by atoms with van der Waals surface area (Å²) in [6.45, 7) is 0. The molecule has 1 amide bonds. The van der Waals surface area contributed by atoms with Crippen LogP contribution in [0.25, 0.3) is 17.1 Å². The number of hydrogen-bond acceptors (Lipinski definition) is 6. The van der Waals surface area contributed by atoms with Crippen molar-refractivity contribution in [3.05, 3.63) is 90.5 Å². The summed E-state index contributed by atoms with van der Waals surface area (Å²) < 4.78 is 7.23. The number of carbonyl (C=O) groups is 1. The summed E-state index contributed by atoms with van der Waals surface area (Å²) in [6.07, 6.45) is 1.56. The van der Waals surface area contributed by atoms with Gasteiger partial charge in [-0.05, 0) is 24.3 Å². The van der Waals surface area contributed by atoms with E-state index < -0.39 is 0 Å². The molecule has 4 rings (SSSR count). The second-order valence-corrected chi connectivity index (χ2v) is 7.61. The maximum absolute atomic E-state index is 12.4. The monoisotopic (exact) mass is 443 g/mol. The fraction of sp³-hybridized carbons (Fsp3) is 0.0833. The number of nitrogens with zero attached hydrogens (tertiary/aromatic N) is 4. The zero-order valence-corrected chi connectivity index (χ0v) is 18.2. The standard InChI is InChI=1S/C24H21N5O2S/c1-31-21-15-9-8-12-19(21)16-25-26-22(30)17-32-24-28-27-23(18-10-4-2-5-11-18)29(24)20-13-6-3-7-14-20/h2-16H,17H2,1H3,(H,26,30). The number of nitrogens with one attached hydrogen (secondary N) is 1. The quantitative estimate of drug-likeness (QED) is 0.251. The molecule has 160 valence electrons. The second-order valence-electron chi connectivity index (χ2n) is 6.67. The Morgan fingerprint density at radius 2 is 1.69 bits per heavy atom. The zero-order valence-electron chi connectivity index (χ0n) is 17.4. The molecule has 0 spiro atoms. The van der Waals surface area contributed by atoms with Crippen molar-refractivity contribution in [1.29, 1.82) is 0 Å². The lowest BCUT2D eigenvalue weighted by Crippen LogP contribution is -2.20. The minimum Gasteiger partial charge on any atom is -0.496 e. The third kappa shape index (κ3) is 5.04. The second kappa shape index (κ2) is 10.4. The number of methoxy groups -OCH3 is 1. The van der Waals surface area contributed by atoms with Crippen LogP contribution in [0.15, 0.2) is 95.2 Å². The highest BCUT2D eigenvalue weighted by molar-refractivity contribution is 7.99. The molecule has 0 aliphatic heterocycles. The molecule has 7 nitrogen and oxygen atoms in total. The molecule has 0 aliphatic rings. The van der Waals surface area contributed by atoms with Crippen LogP contribution in [0.2, 0.25) is 0 Å². The number of ether oxygens (including phenoxy) is 1. The summed E-state index contributed by atoms with van der Waals surface area (Å²) in [6, 6.07) is 27.1. The predicted octanol–water partition coefficient (Wildman–Crippen LogP) is 4.19. The van der Waals surface area contributed by atoms with Crippen molar-refractivity contribution in [2.75, 3.05) is 12.9 Å². The smallest absolute Gasteiger partial charge is 0.250 e. The van der Waals surface area contributed by atoms with Gasteiger partial charge in [0.15, 0.2) is 11.0 Å². The summed E-state index contributed by atoms with van der Waals surface area (Å²) in [4.78, 5) is 12.4. The molecule has 4 aromatic rings. The summed E-state index contributed by atoms with van der Waals surface area (Å²) in [5, 5.41) is 13.4. The molecule has 1 N–H and O–H groups in total. The summed E-state index contributed by atoms with van der Waals surface area (Å²) in [5.74, 6) is 1.30. The van der Waals surface area contributed by atoms with E-state index in [0.29, 0.717) is 16.7 Å². The fourth-order valence-electron chi connectivity index (χ4n) is 3.06. The average molecular weight is 444 g/mol. The topological polar surface area (TPSA) is 81.4 Å². The van der Waals surface area contributed by atoms with E-state index in [4.69, 9.17) is 4.74 Å². The van der Waals surface area contributed by atoms with Gasteiger partial charge in [-0.3, -0.25) is 9.36 Å². The van der Waals surface area contributed by atoms with Crippen LogP contribution in [0.3, 0.4) is 0 Å². The summed E-state index contributed by atoms with van der Waals surface area (Å²) >= 11 is 1.30. The highest BCUT2D eigenvalue weighted by Gasteiger charge is 2.17. The molecular weight excluding hydrogens is 422 g/mol. The van der Waals surface area contributed by atoms with Crippen molar-refractivity contribution in [3.8, 4) is 22.8 Å². The Hall–Kier alpha value is -3.91. The van der Waals surface area contributed by atoms with E-state index in [-0.39, 0.29) is 11.7 Å². The number of rotatable bonds is 8. The molecule has 0 bridgehead atoms. The van der Waals surface area contributed by atoms with Crippen LogP contribution < -0.4 is 10.2 Å². The Bertz CT molecular complexity index is 1210. The van der Waals surface area contributed by atoms with Crippen molar-refractivity contribution in [3.63, 3.8) is 0 Å². The first-order chi connectivity index (χ1) is 15.8. The van der Waals surface area contributed by atoms with E-state index in [2.05, 4.69) is 20.7 Å². The SMILES string of the molecule is COc1ccccc1C=NNC(=O)CSc1nnc(-c2ccccc2)n1-c1ccccc1. The maximum atomic E-state index is 12.4. The Kier molecular flexibility index (Phi) is 6.94. The molecule has 0 aliphatic carbocycles. The van der Waals surface area contributed by atoms with E-state index in [1.165, 1.54) is 11.8 Å². The lowest BCUT2D eigenvalue weighted by Gasteiger charge is -2.10. The minimum atomic E-state index is -0.245. The molecule has 0 unspecified atom stereocenters. The van der Waals surface area contributed by atoms with Gasteiger partial charge in [-0.1, -0.05) is 72.4 Å². The Morgan fingerprint density at radius 3 is 2.44 bits per heavy atom. The highest BCUT2D eigenvalue weighted by Crippen LogP contribution is 2.27. The Morgan fingerprint density at radius 1 is 1.00 bits per heavy atom. The Balaban J connectivity index is 1.48. The molecule has 1 aromatic heterocycles. The van der Waals surface area contributed by atoms with Gasteiger partial charge < -0.3 is 4.74 Å². The van der Waals surface area contributed by atoms with Crippen molar-refractivity contribution in [2.45, 2.75) is 5.16 Å². The number of aromatic nitrogens is 3. The molecular formula is C24H21N5O2S. The molecule has 1 heterocycles. The molecule has 8 heteroatoms. The fourth-order valence-corrected chi connectivity index (χ4v) is 3.80. The number of carbonyl (C=O) groups excluding carboxylic acids is 1. The summed E-state index contributed by atoms with van der Waals surface area (Å²) in [5.41, 5.74) is 5.19. The van der Waals surface area contributed by atoms with Gasteiger partial charge in [0.25, 0.3) is 5.91 Å². The first-order valence-corrected chi connectivity index (χ1v) is 10.9.